The first kappa shape index (κ1) is 23.3. The van der Waals surface area contributed by atoms with Gasteiger partial charge in [0.25, 0.3) is 0 Å². The molecule has 1 aliphatic rings. The van der Waals surface area contributed by atoms with Crippen molar-refractivity contribution in [2.75, 3.05) is 13.6 Å². The third-order valence-electron chi connectivity index (χ3n) is 5.45. The van der Waals surface area contributed by atoms with E-state index < -0.39 is 10.7 Å². The van der Waals surface area contributed by atoms with E-state index in [4.69, 9.17) is 0 Å². The van der Waals surface area contributed by atoms with Crippen molar-refractivity contribution in [3.8, 4) is 0 Å². The first-order valence-electron chi connectivity index (χ1n) is 10.3. The summed E-state index contributed by atoms with van der Waals surface area (Å²) < 4.78 is -0.986. The molecule has 0 saturated heterocycles. The molecule has 0 amide bonds. The van der Waals surface area contributed by atoms with Crippen LogP contribution >= 0.6 is 11.8 Å². The van der Waals surface area contributed by atoms with Crippen LogP contribution in [0.15, 0.2) is 42.4 Å². The van der Waals surface area contributed by atoms with Crippen LogP contribution in [-0.4, -0.2) is 39.5 Å². The number of rotatable bonds is 9. The number of benzene rings is 1. The fraction of sp³-hybridized carbons (Fsp3) is 0.500. The van der Waals surface area contributed by atoms with Crippen LogP contribution in [0.4, 0.5) is 0 Å². The van der Waals surface area contributed by atoms with E-state index in [9.17, 15) is 9.90 Å². The monoisotopic (exact) mass is 414 g/mol. The van der Waals surface area contributed by atoms with Gasteiger partial charge >= 0.3 is 5.97 Å². The van der Waals surface area contributed by atoms with Crippen LogP contribution in [0, 0.1) is 11.8 Å². The summed E-state index contributed by atoms with van der Waals surface area (Å²) in [4.78, 5) is 18.3. The first-order valence-corrected chi connectivity index (χ1v) is 11.1. The van der Waals surface area contributed by atoms with E-state index in [0.29, 0.717) is 17.0 Å². The third-order valence-corrected chi connectivity index (χ3v) is 6.73. The molecule has 0 spiro atoms. The van der Waals surface area contributed by atoms with E-state index in [2.05, 4.69) is 49.0 Å². The van der Waals surface area contributed by atoms with Gasteiger partial charge in [-0.05, 0) is 49.7 Å². The Balaban J connectivity index is 2.43. The van der Waals surface area contributed by atoms with Crippen molar-refractivity contribution < 1.29 is 9.90 Å². The smallest absolute Gasteiger partial charge is 0.319 e. The summed E-state index contributed by atoms with van der Waals surface area (Å²) in [7, 11) is 1.71. The molecule has 158 valence electrons. The minimum Gasteiger partial charge on any atom is -0.480 e. The number of carboxylic acid groups (broad SMARTS) is 1. The van der Waals surface area contributed by atoms with Gasteiger partial charge in [-0.3, -0.25) is 9.79 Å². The van der Waals surface area contributed by atoms with Gasteiger partial charge in [-0.25, -0.2) is 0 Å². The van der Waals surface area contributed by atoms with Gasteiger partial charge in [0.15, 0.2) is 5.17 Å². The Labute approximate surface area is 179 Å². The van der Waals surface area contributed by atoms with Crippen LogP contribution in [0.25, 0.3) is 11.3 Å². The van der Waals surface area contributed by atoms with Crippen LogP contribution in [0.2, 0.25) is 0 Å². The van der Waals surface area contributed by atoms with E-state index in [1.807, 2.05) is 12.1 Å². The molecule has 0 heterocycles. The Morgan fingerprint density at radius 1 is 1.31 bits per heavy atom. The number of aliphatic imine (C=N–C) groups is 1. The lowest BCUT2D eigenvalue weighted by Crippen LogP contribution is -2.37. The molecule has 0 bridgehead atoms. The van der Waals surface area contributed by atoms with Gasteiger partial charge in [0, 0.05) is 24.9 Å². The van der Waals surface area contributed by atoms with Crippen LogP contribution in [0.5, 0.6) is 0 Å². The first-order chi connectivity index (χ1) is 13.6. The molecule has 1 aromatic rings. The number of thioether (sulfide) groups is 1. The Morgan fingerprint density at radius 2 is 1.90 bits per heavy atom. The van der Waals surface area contributed by atoms with E-state index >= 15 is 0 Å². The normalized spacial score (nSPS) is 15.7. The maximum atomic E-state index is 11.7. The van der Waals surface area contributed by atoms with Crippen LogP contribution < -0.4 is 0 Å². The highest BCUT2D eigenvalue weighted by molar-refractivity contribution is 8.15. The molecule has 2 rings (SSSR count). The molecular formula is C24H34N2O2S. The summed E-state index contributed by atoms with van der Waals surface area (Å²) in [6, 6.07) is 8.24. The zero-order chi connectivity index (χ0) is 21.8. The van der Waals surface area contributed by atoms with Gasteiger partial charge in [-0.15, -0.1) is 0 Å². The van der Waals surface area contributed by atoms with Gasteiger partial charge in [0.2, 0.25) is 0 Å². The Bertz CT molecular complexity index is 809. The van der Waals surface area contributed by atoms with Crippen molar-refractivity contribution >= 4 is 34.2 Å². The standard InChI is InChI=1S/C24H34N2O2S/c1-8-16(2)15-26(23(25-7)29-24(5,6)22(27)28)18(4)21-12-10-9-11-20(21)17(3)19-13-14-19/h9-12,16,19H,3-4,8,13-15H2,1-2,5-7H3,(H,27,28). The topological polar surface area (TPSA) is 52.9 Å². The lowest BCUT2D eigenvalue weighted by Gasteiger charge is -2.33. The van der Waals surface area contributed by atoms with Crippen molar-refractivity contribution in [2.45, 2.75) is 51.7 Å². The number of carboxylic acids is 1. The molecule has 1 aliphatic carbocycles. The molecule has 0 radical (unpaired) electrons. The third kappa shape index (κ3) is 5.75. The number of hydrogen-bond donors (Lipinski definition) is 1. The lowest BCUT2D eigenvalue weighted by molar-refractivity contribution is -0.138. The predicted octanol–water partition coefficient (Wildman–Crippen LogP) is 6.01. The van der Waals surface area contributed by atoms with Gasteiger partial charge in [0.1, 0.15) is 4.75 Å². The number of hydrogen-bond acceptors (Lipinski definition) is 3. The average molecular weight is 415 g/mol. The highest BCUT2D eigenvalue weighted by Crippen LogP contribution is 2.43. The summed E-state index contributed by atoms with van der Waals surface area (Å²) in [6.07, 6.45) is 3.41. The Kier molecular flexibility index (Phi) is 7.75. The quantitative estimate of drug-likeness (QED) is 0.397. The maximum absolute atomic E-state index is 11.7. The number of amidine groups is 1. The average Bonchev–Trinajstić information content (AvgIpc) is 3.54. The Morgan fingerprint density at radius 3 is 2.38 bits per heavy atom. The summed E-state index contributed by atoms with van der Waals surface area (Å²) in [5.74, 6) is 0.114. The van der Waals surface area contributed by atoms with E-state index in [-0.39, 0.29) is 0 Å². The minimum absolute atomic E-state index is 0.413. The van der Waals surface area contributed by atoms with Gasteiger partial charge in [0.05, 0.1) is 0 Å². The summed E-state index contributed by atoms with van der Waals surface area (Å²) in [5.41, 5.74) is 4.19. The zero-order valence-electron chi connectivity index (χ0n) is 18.4. The lowest BCUT2D eigenvalue weighted by atomic mass is 9.95. The van der Waals surface area contributed by atoms with Crippen molar-refractivity contribution in [3.63, 3.8) is 0 Å². The molecule has 4 nitrogen and oxygen atoms in total. The molecule has 5 heteroatoms. The van der Waals surface area contributed by atoms with Crippen molar-refractivity contribution in [1.82, 2.24) is 4.90 Å². The van der Waals surface area contributed by atoms with E-state index in [0.717, 1.165) is 29.8 Å². The molecule has 1 N–H and O–H groups in total. The second-order valence-electron chi connectivity index (χ2n) is 8.34. The van der Waals surface area contributed by atoms with Crippen molar-refractivity contribution in [1.29, 1.82) is 0 Å². The summed E-state index contributed by atoms with van der Waals surface area (Å²) in [5, 5.41) is 10.3. The fourth-order valence-corrected chi connectivity index (χ4v) is 3.98. The number of allylic oxidation sites excluding steroid dienone is 1. The molecule has 1 unspecified atom stereocenters. The minimum atomic E-state index is -0.986. The van der Waals surface area contributed by atoms with Crippen LogP contribution in [0.3, 0.4) is 0 Å². The molecular weight excluding hydrogens is 380 g/mol. The van der Waals surface area contributed by atoms with Crippen LogP contribution in [-0.2, 0) is 4.79 Å². The van der Waals surface area contributed by atoms with Gasteiger partial charge in [-0.1, -0.05) is 69.5 Å². The SMILES string of the molecule is C=C(c1ccccc1C(=C)N(CC(C)CC)C(=NC)SC(C)(C)C(=O)O)C1CC1. The van der Waals surface area contributed by atoms with E-state index in [1.165, 1.54) is 30.2 Å². The summed E-state index contributed by atoms with van der Waals surface area (Å²) in [6.45, 7) is 17.3. The van der Waals surface area contributed by atoms with Gasteiger partial charge in [-0.2, -0.15) is 0 Å². The fourth-order valence-electron chi connectivity index (χ4n) is 3.05. The number of nitrogens with zero attached hydrogens (tertiary/aromatic N) is 2. The number of carbonyl (C=O) groups is 1. The largest absolute Gasteiger partial charge is 0.480 e. The van der Waals surface area contributed by atoms with Crippen LogP contribution in [0.1, 0.15) is 58.1 Å². The highest BCUT2D eigenvalue weighted by atomic mass is 32.2. The molecule has 1 saturated carbocycles. The predicted molar refractivity (Wildman–Crippen MR) is 126 cm³/mol. The molecule has 29 heavy (non-hydrogen) atoms. The van der Waals surface area contributed by atoms with E-state index in [1.54, 1.807) is 20.9 Å². The highest BCUT2D eigenvalue weighted by Gasteiger charge is 2.34. The maximum Gasteiger partial charge on any atom is 0.319 e. The second kappa shape index (κ2) is 9.66. The van der Waals surface area contributed by atoms with Crippen molar-refractivity contribution in [3.05, 3.63) is 48.6 Å². The molecule has 1 aromatic carbocycles. The second-order valence-corrected chi connectivity index (χ2v) is 9.93. The molecule has 1 atom stereocenters. The summed E-state index contributed by atoms with van der Waals surface area (Å²) >= 11 is 1.26. The van der Waals surface area contributed by atoms with Crippen molar-refractivity contribution in [2.24, 2.45) is 16.8 Å². The van der Waals surface area contributed by atoms with Gasteiger partial charge < -0.3 is 10.0 Å². The Hall–Kier alpha value is -2.01. The molecule has 0 aromatic heterocycles. The molecule has 0 aliphatic heterocycles. The molecule has 1 fully saturated rings. The zero-order valence-corrected chi connectivity index (χ0v) is 19.2. The number of aliphatic carboxylic acids is 1.